The van der Waals surface area contributed by atoms with Crippen molar-refractivity contribution in [2.75, 3.05) is 23.1 Å². The van der Waals surface area contributed by atoms with Crippen molar-refractivity contribution in [1.82, 2.24) is 16.4 Å². The van der Waals surface area contributed by atoms with Crippen molar-refractivity contribution in [2.24, 2.45) is 0 Å². The fourth-order valence-electron chi connectivity index (χ4n) is 2.91. The minimum atomic E-state index is -0.661. The zero-order valence-corrected chi connectivity index (χ0v) is 14.2. The summed E-state index contributed by atoms with van der Waals surface area (Å²) in [6.07, 6.45) is 1.85. The lowest BCUT2D eigenvalue weighted by molar-refractivity contribution is -0.121. The number of para-hydroxylation sites is 1. The van der Waals surface area contributed by atoms with Crippen molar-refractivity contribution in [3.8, 4) is 5.75 Å². The number of rotatable bonds is 4. The van der Waals surface area contributed by atoms with E-state index in [1.807, 2.05) is 36.5 Å². The maximum Gasteiger partial charge on any atom is 0.274 e. The van der Waals surface area contributed by atoms with Crippen LogP contribution < -0.4 is 31.1 Å². The van der Waals surface area contributed by atoms with Gasteiger partial charge in [-0.3, -0.25) is 24.7 Å². The van der Waals surface area contributed by atoms with Crippen LogP contribution in [0.25, 0.3) is 0 Å². The molecule has 27 heavy (non-hydrogen) atoms. The number of nitrogens with zero attached hydrogens (tertiary/aromatic N) is 2. The molecule has 9 nitrogen and oxygen atoms in total. The summed E-state index contributed by atoms with van der Waals surface area (Å²) in [7, 11) is 0. The van der Waals surface area contributed by atoms with E-state index >= 15 is 0 Å². The molecule has 0 unspecified atom stereocenters. The van der Waals surface area contributed by atoms with E-state index in [1.165, 1.54) is 17.0 Å². The molecule has 4 rings (SSSR count). The SMILES string of the molecule is O=C(NO)c1ccc2c(c1)N(CC1=CN(c3ccccc3)NN1)C(=O)CO2. The normalized spacial score (nSPS) is 15.6. The molecule has 0 atom stereocenters. The van der Waals surface area contributed by atoms with Crippen molar-refractivity contribution >= 4 is 23.2 Å². The second-order valence-corrected chi connectivity index (χ2v) is 5.99. The van der Waals surface area contributed by atoms with Crippen LogP contribution in [0.1, 0.15) is 10.4 Å². The van der Waals surface area contributed by atoms with E-state index < -0.39 is 5.91 Å². The average molecular weight is 367 g/mol. The van der Waals surface area contributed by atoms with E-state index in [1.54, 1.807) is 16.6 Å². The van der Waals surface area contributed by atoms with Gasteiger partial charge in [-0.15, -0.1) is 5.53 Å². The van der Waals surface area contributed by atoms with Crippen molar-refractivity contribution in [1.29, 1.82) is 0 Å². The zero-order chi connectivity index (χ0) is 18.8. The van der Waals surface area contributed by atoms with Gasteiger partial charge < -0.3 is 10.2 Å². The quantitative estimate of drug-likeness (QED) is 0.470. The Labute approximate surface area is 154 Å². The first-order valence-corrected chi connectivity index (χ1v) is 8.24. The van der Waals surface area contributed by atoms with E-state index in [-0.39, 0.29) is 24.6 Å². The molecule has 0 aliphatic carbocycles. The number of anilines is 2. The van der Waals surface area contributed by atoms with Gasteiger partial charge >= 0.3 is 0 Å². The molecule has 0 radical (unpaired) electrons. The Morgan fingerprint density at radius 1 is 1.22 bits per heavy atom. The molecule has 0 saturated carbocycles. The van der Waals surface area contributed by atoms with Gasteiger partial charge in [-0.05, 0) is 30.3 Å². The molecule has 138 valence electrons. The fourth-order valence-corrected chi connectivity index (χ4v) is 2.91. The van der Waals surface area contributed by atoms with Crippen molar-refractivity contribution in [2.45, 2.75) is 0 Å². The Kier molecular flexibility index (Phi) is 4.37. The molecule has 0 bridgehead atoms. The minimum absolute atomic E-state index is 0.0817. The maximum atomic E-state index is 12.4. The number of hydrazine groups is 2. The van der Waals surface area contributed by atoms with Gasteiger partial charge in [0.05, 0.1) is 23.6 Å². The summed E-state index contributed by atoms with van der Waals surface area (Å²) in [6.45, 7) is 0.178. The standard InChI is InChI=1S/C18H17N5O4/c24-17-11-27-16-7-6-12(18(25)20-26)8-15(16)22(17)9-13-10-23(21-19-13)14-4-2-1-3-5-14/h1-8,10,19,21,26H,9,11H2,(H,20,25). The summed E-state index contributed by atoms with van der Waals surface area (Å²) < 4.78 is 5.44. The number of ether oxygens (including phenoxy) is 1. The van der Waals surface area contributed by atoms with Crippen LogP contribution in [0.2, 0.25) is 0 Å². The van der Waals surface area contributed by atoms with Crippen LogP contribution in [-0.2, 0) is 4.79 Å². The number of hydrogen-bond acceptors (Lipinski definition) is 7. The summed E-state index contributed by atoms with van der Waals surface area (Å²) in [5, 5.41) is 10.6. The molecule has 0 fully saturated rings. The van der Waals surface area contributed by atoms with E-state index in [0.29, 0.717) is 11.4 Å². The molecule has 0 spiro atoms. The van der Waals surface area contributed by atoms with E-state index in [4.69, 9.17) is 9.94 Å². The second-order valence-electron chi connectivity index (χ2n) is 5.99. The number of fused-ring (bicyclic) bond motifs is 1. The van der Waals surface area contributed by atoms with Gasteiger partial charge in [0.15, 0.2) is 6.61 Å². The highest BCUT2D eigenvalue weighted by Gasteiger charge is 2.28. The summed E-state index contributed by atoms with van der Waals surface area (Å²) in [6, 6.07) is 14.3. The highest BCUT2D eigenvalue weighted by molar-refractivity contribution is 6.01. The fraction of sp³-hybridized carbons (Fsp3) is 0.111. The van der Waals surface area contributed by atoms with Crippen LogP contribution in [0.4, 0.5) is 11.4 Å². The largest absolute Gasteiger partial charge is 0.482 e. The van der Waals surface area contributed by atoms with Gasteiger partial charge in [-0.1, -0.05) is 18.2 Å². The Bertz CT molecular complexity index is 915. The number of hydroxylamine groups is 1. The van der Waals surface area contributed by atoms with Crippen LogP contribution in [0, 0.1) is 0 Å². The molecule has 9 heteroatoms. The number of carbonyl (C=O) groups excluding carboxylic acids is 2. The first kappa shape index (κ1) is 16.9. The number of nitrogens with one attached hydrogen (secondary N) is 3. The number of amides is 2. The van der Waals surface area contributed by atoms with E-state index in [9.17, 15) is 9.59 Å². The van der Waals surface area contributed by atoms with E-state index in [2.05, 4.69) is 11.0 Å². The maximum absolute atomic E-state index is 12.4. The molecule has 2 amide bonds. The van der Waals surface area contributed by atoms with E-state index in [0.717, 1.165) is 11.4 Å². The first-order chi connectivity index (χ1) is 13.2. The predicted molar refractivity (Wildman–Crippen MR) is 96.8 cm³/mol. The molecule has 2 aromatic carbocycles. The third-order valence-corrected chi connectivity index (χ3v) is 4.25. The molecule has 2 heterocycles. The first-order valence-electron chi connectivity index (χ1n) is 8.24. The Morgan fingerprint density at radius 2 is 2.04 bits per heavy atom. The molecular formula is C18H17N5O4. The number of benzene rings is 2. The van der Waals surface area contributed by atoms with Gasteiger partial charge in [0, 0.05) is 11.8 Å². The molecular weight excluding hydrogens is 350 g/mol. The van der Waals surface area contributed by atoms with Crippen molar-refractivity contribution in [3.05, 3.63) is 66.0 Å². The van der Waals surface area contributed by atoms with Crippen LogP contribution in [-0.4, -0.2) is 30.2 Å². The van der Waals surface area contributed by atoms with Gasteiger partial charge in [0.2, 0.25) is 0 Å². The second kappa shape index (κ2) is 6.98. The summed E-state index contributed by atoms with van der Waals surface area (Å²) >= 11 is 0. The molecule has 0 aromatic heterocycles. The van der Waals surface area contributed by atoms with Gasteiger partial charge in [-0.25, -0.2) is 5.48 Å². The summed E-state index contributed by atoms with van der Waals surface area (Å²) in [4.78, 5) is 25.6. The van der Waals surface area contributed by atoms with Crippen molar-refractivity contribution < 1.29 is 19.5 Å². The molecule has 2 aliphatic rings. The third-order valence-electron chi connectivity index (χ3n) is 4.25. The van der Waals surface area contributed by atoms with Crippen molar-refractivity contribution in [3.63, 3.8) is 0 Å². The number of carbonyl (C=O) groups is 2. The monoisotopic (exact) mass is 367 g/mol. The molecule has 2 aliphatic heterocycles. The predicted octanol–water partition coefficient (Wildman–Crippen LogP) is 0.902. The molecule has 2 aromatic rings. The Hall–Kier alpha value is -3.56. The lowest BCUT2D eigenvalue weighted by Gasteiger charge is -2.29. The Balaban J connectivity index is 1.59. The van der Waals surface area contributed by atoms with Gasteiger partial charge in [0.1, 0.15) is 5.75 Å². The summed E-state index contributed by atoms with van der Waals surface area (Å²) in [5.41, 5.74) is 10.0. The van der Waals surface area contributed by atoms with Crippen LogP contribution in [0.15, 0.2) is 60.4 Å². The smallest absolute Gasteiger partial charge is 0.274 e. The lowest BCUT2D eigenvalue weighted by atomic mass is 10.1. The Morgan fingerprint density at radius 3 is 2.81 bits per heavy atom. The third kappa shape index (κ3) is 3.28. The van der Waals surface area contributed by atoms with Crippen LogP contribution >= 0.6 is 0 Å². The molecule has 4 N–H and O–H groups in total. The minimum Gasteiger partial charge on any atom is -0.482 e. The van der Waals surface area contributed by atoms with Crippen LogP contribution in [0.3, 0.4) is 0 Å². The zero-order valence-electron chi connectivity index (χ0n) is 14.2. The van der Waals surface area contributed by atoms with Crippen LogP contribution in [0.5, 0.6) is 5.75 Å². The lowest BCUT2D eigenvalue weighted by Crippen LogP contribution is -2.43. The van der Waals surface area contributed by atoms with Gasteiger partial charge in [-0.2, -0.15) is 0 Å². The molecule has 0 saturated heterocycles. The summed E-state index contributed by atoms with van der Waals surface area (Å²) in [5.74, 6) is -0.397. The highest BCUT2D eigenvalue weighted by atomic mass is 16.5. The van der Waals surface area contributed by atoms with Gasteiger partial charge in [0.25, 0.3) is 11.8 Å². The topological polar surface area (TPSA) is 106 Å². The number of hydrogen-bond donors (Lipinski definition) is 4. The highest BCUT2D eigenvalue weighted by Crippen LogP contribution is 2.33. The average Bonchev–Trinajstić information content (AvgIpc) is 3.18.